The third-order valence-electron chi connectivity index (χ3n) is 3.37. The van der Waals surface area contributed by atoms with E-state index in [0.717, 1.165) is 11.3 Å². The summed E-state index contributed by atoms with van der Waals surface area (Å²) in [6.07, 6.45) is 0. The zero-order valence-electron chi connectivity index (χ0n) is 13.6. The molecule has 0 aliphatic carbocycles. The maximum atomic E-state index is 8.87. The van der Waals surface area contributed by atoms with Gasteiger partial charge >= 0.3 is 0 Å². The quantitative estimate of drug-likeness (QED) is 0.517. The summed E-state index contributed by atoms with van der Waals surface area (Å²) < 4.78 is 10.8. The van der Waals surface area contributed by atoms with Crippen LogP contribution in [-0.2, 0) is 0 Å². The van der Waals surface area contributed by atoms with E-state index < -0.39 is 0 Å². The van der Waals surface area contributed by atoms with E-state index in [1.165, 1.54) is 11.8 Å². The van der Waals surface area contributed by atoms with Crippen LogP contribution in [0, 0.1) is 11.3 Å². The topological polar surface area (TPSA) is 83.8 Å². The lowest BCUT2D eigenvalue weighted by Gasteiger charge is -2.04. The van der Waals surface area contributed by atoms with Gasteiger partial charge < -0.3 is 9.47 Å². The highest BCUT2D eigenvalue weighted by atomic mass is 32.2. The van der Waals surface area contributed by atoms with Gasteiger partial charge in [-0.15, -0.1) is 5.10 Å². The first kappa shape index (κ1) is 16.9. The molecule has 0 atom stereocenters. The van der Waals surface area contributed by atoms with Gasteiger partial charge in [0.15, 0.2) is 5.82 Å². The monoisotopic (exact) mass is 352 g/mol. The smallest absolute Gasteiger partial charge is 0.208 e. The van der Waals surface area contributed by atoms with E-state index >= 15 is 0 Å². The number of nitrogens with zero attached hydrogens (tertiary/aromatic N) is 3. The van der Waals surface area contributed by atoms with Gasteiger partial charge in [0.25, 0.3) is 0 Å². The highest BCUT2D eigenvalue weighted by Crippen LogP contribution is 2.22. The number of ether oxygens (including phenoxy) is 2. The fraction of sp³-hybridized carbons (Fsp3) is 0.167. The number of nitriles is 1. The van der Waals surface area contributed by atoms with E-state index in [0.29, 0.717) is 34.7 Å². The summed E-state index contributed by atoms with van der Waals surface area (Å²) in [6.45, 7) is 0.506. The number of thioether (sulfide) groups is 1. The molecule has 25 heavy (non-hydrogen) atoms. The summed E-state index contributed by atoms with van der Waals surface area (Å²) in [6, 6.07) is 16.8. The minimum atomic E-state index is 0.506. The molecule has 6 nitrogen and oxygen atoms in total. The second kappa shape index (κ2) is 8.22. The van der Waals surface area contributed by atoms with Crippen LogP contribution >= 0.6 is 11.8 Å². The van der Waals surface area contributed by atoms with Crippen molar-refractivity contribution in [3.05, 3.63) is 54.1 Å². The highest BCUT2D eigenvalue weighted by molar-refractivity contribution is 7.99. The molecule has 0 spiro atoms. The standard InChI is InChI=1S/C18H16N4O2S/c1-23-15-7-5-14(6-8-15)17-20-18(22-21-17)25-10-9-24-16-4-2-3-13(11-16)12-19/h2-8,11H,9-10H2,1H3,(H,20,21,22). The van der Waals surface area contributed by atoms with Crippen LogP contribution < -0.4 is 9.47 Å². The lowest BCUT2D eigenvalue weighted by atomic mass is 10.2. The molecule has 126 valence electrons. The van der Waals surface area contributed by atoms with Crippen LogP contribution in [0.25, 0.3) is 11.4 Å². The summed E-state index contributed by atoms with van der Waals surface area (Å²) in [5, 5.41) is 16.7. The van der Waals surface area contributed by atoms with Crippen molar-refractivity contribution >= 4 is 11.8 Å². The van der Waals surface area contributed by atoms with Crippen molar-refractivity contribution < 1.29 is 9.47 Å². The first-order chi connectivity index (χ1) is 12.3. The van der Waals surface area contributed by atoms with Gasteiger partial charge in [0.1, 0.15) is 11.5 Å². The Morgan fingerprint density at radius 2 is 2.00 bits per heavy atom. The van der Waals surface area contributed by atoms with Gasteiger partial charge in [0.05, 0.1) is 25.3 Å². The molecule has 1 N–H and O–H groups in total. The molecular formula is C18H16N4O2S. The number of aromatic amines is 1. The van der Waals surface area contributed by atoms with Crippen molar-refractivity contribution in [2.24, 2.45) is 0 Å². The van der Waals surface area contributed by atoms with E-state index in [1.54, 1.807) is 25.3 Å². The Hall–Kier alpha value is -2.98. The zero-order valence-corrected chi connectivity index (χ0v) is 14.4. The number of hydrogen-bond acceptors (Lipinski definition) is 6. The average molecular weight is 352 g/mol. The molecule has 0 amide bonds. The van der Waals surface area contributed by atoms with Crippen molar-refractivity contribution in [3.63, 3.8) is 0 Å². The maximum Gasteiger partial charge on any atom is 0.208 e. The third kappa shape index (κ3) is 4.52. The molecule has 2 aromatic carbocycles. The van der Waals surface area contributed by atoms with Gasteiger partial charge in [0.2, 0.25) is 5.16 Å². The SMILES string of the molecule is COc1ccc(-c2nc(SCCOc3cccc(C#N)c3)n[nH]2)cc1. The van der Waals surface area contributed by atoms with Crippen LogP contribution in [0.3, 0.4) is 0 Å². The Bertz CT molecular complexity index is 871. The molecule has 7 heteroatoms. The van der Waals surface area contributed by atoms with Crippen LogP contribution in [0.4, 0.5) is 0 Å². The molecular weight excluding hydrogens is 336 g/mol. The van der Waals surface area contributed by atoms with E-state index in [4.69, 9.17) is 14.7 Å². The van der Waals surface area contributed by atoms with Gasteiger partial charge in [-0.25, -0.2) is 4.98 Å². The van der Waals surface area contributed by atoms with Crippen LogP contribution in [0.2, 0.25) is 0 Å². The Morgan fingerprint density at radius 1 is 1.16 bits per heavy atom. The molecule has 1 aromatic heterocycles. The molecule has 0 aliphatic rings. The van der Waals surface area contributed by atoms with E-state index in [2.05, 4.69) is 21.3 Å². The lowest BCUT2D eigenvalue weighted by molar-refractivity contribution is 0.344. The Labute approximate surface area is 149 Å². The first-order valence-corrected chi connectivity index (χ1v) is 8.59. The number of methoxy groups -OCH3 is 1. The largest absolute Gasteiger partial charge is 0.497 e. The number of H-pyrrole nitrogens is 1. The molecule has 0 fully saturated rings. The van der Waals surface area contributed by atoms with Crippen molar-refractivity contribution in [2.45, 2.75) is 5.16 Å². The Morgan fingerprint density at radius 3 is 2.76 bits per heavy atom. The number of benzene rings is 2. The van der Waals surface area contributed by atoms with Gasteiger partial charge in [-0.2, -0.15) is 5.26 Å². The van der Waals surface area contributed by atoms with Gasteiger partial charge in [-0.05, 0) is 42.5 Å². The predicted molar refractivity (Wildman–Crippen MR) is 95.7 cm³/mol. The van der Waals surface area contributed by atoms with Crippen LogP contribution in [-0.4, -0.2) is 34.7 Å². The van der Waals surface area contributed by atoms with Crippen LogP contribution in [0.1, 0.15) is 5.56 Å². The molecule has 1 heterocycles. The highest BCUT2D eigenvalue weighted by Gasteiger charge is 2.06. The summed E-state index contributed by atoms with van der Waals surface area (Å²) in [7, 11) is 1.64. The van der Waals surface area contributed by atoms with Crippen LogP contribution in [0.5, 0.6) is 11.5 Å². The summed E-state index contributed by atoms with van der Waals surface area (Å²) in [5.41, 5.74) is 1.54. The summed E-state index contributed by atoms with van der Waals surface area (Å²) in [5.74, 6) is 2.91. The van der Waals surface area contributed by atoms with Gasteiger partial charge in [0, 0.05) is 11.3 Å². The molecule has 3 aromatic rings. The fourth-order valence-corrected chi connectivity index (χ4v) is 2.75. The van der Waals surface area contributed by atoms with Crippen molar-refractivity contribution in [1.82, 2.24) is 15.2 Å². The first-order valence-electron chi connectivity index (χ1n) is 7.61. The molecule has 0 saturated carbocycles. The molecule has 0 radical (unpaired) electrons. The minimum Gasteiger partial charge on any atom is -0.497 e. The molecule has 0 aliphatic heterocycles. The summed E-state index contributed by atoms with van der Waals surface area (Å²) in [4.78, 5) is 4.46. The van der Waals surface area contributed by atoms with Gasteiger partial charge in [-0.1, -0.05) is 17.8 Å². The van der Waals surface area contributed by atoms with Crippen molar-refractivity contribution in [1.29, 1.82) is 5.26 Å². The van der Waals surface area contributed by atoms with Crippen LogP contribution in [0.15, 0.2) is 53.7 Å². The Balaban J connectivity index is 1.50. The average Bonchev–Trinajstić information content (AvgIpc) is 3.14. The molecule has 3 rings (SSSR count). The van der Waals surface area contributed by atoms with Crippen molar-refractivity contribution in [2.75, 3.05) is 19.5 Å². The number of hydrogen-bond donors (Lipinski definition) is 1. The fourth-order valence-electron chi connectivity index (χ4n) is 2.14. The number of aromatic nitrogens is 3. The van der Waals surface area contributed by atoms with E-state index in [1.807, 2.05) is 30.3 Å². The summed E-state index contributed by atoms with van der Waals surface area (Å²) >= 11 is 1.50. The molecule has 0 unspecified atom stereocenters. The predicted octanol–water partition coefficient (Wildman–Crippen LogP) is 3.52. The van der Waals surface area contributed by atoms with E-state index in [-0.39, 0.29) is 0 Å². The van der Waals surface area contributed by atoms with E-state index in [9.17, 15) is 0 Å². The molecule has 0 bridgehead atoms. The second-order valence-electron chi connectivity index (χ2n) is 5.03. The van der Waals surface area contributed by atoms with Crippen molar-refractivity contribution in [3.8, 4) is 29.0 Å². The minimum absolute atomic E-state index is 0.506. The van der Waals surface area contributed by atoms with Gasteiger partial charge in [-0.3, -0.25) is 5.10 Å². The second-order valence-corrected chi connectivity index (χ2v) is 6.09. The third-order valence-corrected chi connectivity index (χ3v) is 4.19. The zero-order chi connectivity index (χ0) is 17.5. The molecule has 0 saturated heterocycles. The lowest BCUT2D eigenvalue weighted by Crippen LogP contribution is -2.00. The Kier molecular flexibility index (Phi) is 5.54. The number of rotatable bonds is 7. The normalized spacial score (nSPS) is 10.2. The maximum absolute atomic E-state index is 8.87. The number of nitrogens with one attached hydrogen (secondary N) is 1.